The predicted octanol–water partition coefficient (Wildman–Crippen LogP) is 2.78. The molecule has 1 unspecified atom stereocenters. The van der Waals surface area contributed by atoms with Crippen molar-refractivity contribution >= 4 is 30.3 Å². The summed E-state index contributed by atoms with van der Waals surface area (Å²) in [7, 11) is -1.47. The second kappa shape index (κ2) is 15.5. The zero-order chi connectivity index (χ0) is 23.4. The van der Waals surface area contributed by atoms with Crippen molar-refractivity contribution in [2.75, 3.05) is 51.0 Å². The first-order valence-corrected chi connectivity index (χ1v) is 11.6. The molecular weight excluding hydrogens is 458 g/mol. The van der Waals surface area contributed by atoms with Crippen LogP contribution >= 0.6 is 18.5 Å². The molecular formula is C20H38N2O8P2. The fourth-order valence-electron chi connectivity index (χ4n) is 2.58. The van der Waals surface area contributed by atoms with E-state index in [0.29, 0.717) is 39.3 Å². The van der Waals surface area contributed by atoms with Crippen molar-refractivity contribution in [2.45, 2.75) is 53.6 Å². The summed E-state index contributed by atoms with van der Waals surface area (Å²) in [5.41, 5.74) is -1.55. The number of anilines is 1. The van der Waals surface area contributed by atoms with E-state index in [4.69, 9.17) is 23.0 Å². The van der Waals surface area contributed by atoms with Crippen LogP contribution in [0.15, 0.2) is 9.59 Å². The number of carbonyl (C=O) groups excluding carboxylic acids is 1. The largest absolute Gasteiger partial charge is 0.488 e. The molecule has 32 heavy (non-hydrogen) atoms. The van der Waals surface area contributed by atoms with Crippen LogP contribution in [0.4, 0.5) is 10.5 Å². The smallest absolute Gasteiger partial charge is 0.407 e. The van der Waals surface area contributed by atoms with Crippen LogP contribution in [0.1, 0.15) is 48.0 Å². The highest BCUT2D eigenvalue weighted by Crippen LogP contribution is 2.39. The summed E-state index contributed by atoms with van der Waals surface area (Å²) in [5, 5.41) is 2.68. The molecule has 0 aliphatic carbocycles. The maximum atomic E-state index is 12.2. The van der Waals surface area contributed by atoms with Gasteiger partial charge in [-0.15, -0.1) is 0 Å². The molecule has 0 spiro atoms. The lowest BCUT2D eigenvalue weighted by Crippen LogP contribution is -2.43. The van der Waals surface area contributed by atoms with Gasteiger partial charge in [-0.05, 0) is 48.0 Å². The zero-order valence-electron chi connectivity index (χ0n) is 20.0. The van der Waals surface area contributed by atoms with Crippen molar-refractivity contribution in [2.24, 2.45) is 0 Å². The standard InChI is InChI=1S/C20H35N2O8P.H3P/c1-7-26-18-15(16(23)17(18)24)22(13-14-29-31(27-8-2)28-9-3)12-10-11-21-19(25)30-20(4,5)6;/h7-14H2,1-6H3,(H,21,25);1H3. The second-order valence-corrected chi connectivity index (χ2v) is 8.65. The van der Waals surface area contributed by atoms with E-state index in [0.717, 1.165) is 0 Å². The van der Waals surface area contributed by atoms with Gasteiger partial charge in [-0.2, -0.15) is 9.90 Å². The normalized spacial score (nSPS) is 11.3. The number of rotatable bonds is 15. The number of hydrogen-bond acceptors (Lipinski definition) is 9. The third kappa shape index (κ3) is 10.5. The van der Waals surface area contributed by atoms with Crippen LogP contribution in [0.25, 0.3) is 0 Å². The Morgan fingerprint density at radius 2 is 1.59 bits per heavy atom. The minimum atomic E-state index is -1.47. The van der Waals surface area contributed by atoms with Crippen molar-refractivity contribution in [3.8, 4) is 5.75 Å². The third-order valence-corrected chi connectivity index (χ3v) is 5.08. The van der Waals surface area contributed by atoms with Crippen molar-refractivity contribution in [3.05, 3.63) is 20.4 Å². The summed E-state index contributed by atoms with van der Waals surface area (Å²) < 4.78 is 27.0. The molecule has 0 aliphatic heterocycles. The van der Waals surface area contributed by atoms with Crippen LogP contribution in [-0.2, 0) is 18.3 Å². The maximum absolute atomic E-state index is 12.2. The minimum absolute atomic E-state index is 0. The Morgan fingerprint density at radius 1 is 0.969 bits per heavy atom. The zero-order valence-corrected chi connectivity index (χ0v) is 22.3. The van der Waals surface area contributed by atoms with Crippen LogP contribution in [0.2, 0.25) is 0 Å². The van der Waals surface area contributed by atoms with Gasteiger partial charge in [0.2, 0.25) is 0 Å². The van der Waals surface area contributed by atoms with Crippen LogP contribution in [0.5, 0.6) is 5.75 Å². The molecule has 1 aromatic carbocycles. The fraction of sp³-hybridized carbons (Fsp3) is 0.750. The van der Waals surface area contributed by atoms with Gasteiger partial charge in [0.15, 0.2) is 5.75 Å². The van der Waals surface area contributed by atoms with Gasteiger partial charge in [0.1, 0.15) is 11.3 Å². The van der Waals surface area contributed by atoms with Gasteiger partial charge < -0.3 is 33.3 Å². The second-order valence-electron chi connectivity index (χ2n) is 7.43. The Kier molecular flexibility index (Phi) is 14.9. The van der Waals surface area contributed by atoms with E-state index in [1.165, 1.54) is 0 Å². The molecule has 1 rings (SSSR count). The first kappa shape index (κ1) is 30.7. The topological polar surface area (TPSA) is 113 Å². The Bertz CT molecular complexity index is 741. The van der Waals surface area contributed by atoms with E-state index in [1.54, 1.807) is 32.6 Å². The van der Waals surface area contributed by atoms with Crippen LogP contribution < -0.4 is 25.8 Å². The van der Waals surface area contributed by atoms with Crippen molar-refractivity contribution in [3.63, 3.8) is 0 Å². The highest BCUT2D eigenvalue weighted by Gasteiger charge is 2.27. The Balaban J connectivity index is 0.00000961. The van der Waals surface area contributed by atoms with Crippen LogP contribution in [0, 0.1) is 0 Å². The molecule has 1 aromatic rings. The molecule has 12 heteroatoms. The van der Waals surface area contributed by atoms with Crippen LogP contribution in [-0.4, -0.2) is 57.8 Å². The van der Waals surface area contributed by atoms with E-state index < -0.39 is 31.2 Å². The van der Waals surface area contributed by atoms with Crippen molar-refractivity contribution in [1.29, 1.82) is 0 Å². The van der Waals surface area contributed by atoms with Gasteiger partial charge in [0.05, 0.1) is 26.4 Å². The molecule has 0 fully saturated rings. The minimum Gasteiger partial charge on any atom is -0.488 e. The van der Waals surface area contributed by atoms with Gasteiger partial charge in [-0.3, -0.25) is 9.59 Å². The van der Waals surface area contributed by atoms with Crippen molar-refractivity contribution < 1.29 is 27.8 Å². The SMILES string of the molecule is CCOc1c(N(CCCNC(=O)OC(C)(C)C)CCOP(OCC)OCC)c(=O)c1=O.P. The third-order valence-electron chi connectivity index (χ3n) is 3.75. The number of nitrogens with zero attached hydrogens (tertiary/aromatic N) is 1. The Morgan fingerprint density at radius 3 is 2.12 bits per heavy atom. The number of alkyl carbamates (subject to hydrolysis) is 1. The monoisotopic (exact) mass is 496 g/mol. The number of hydrogen-bond donors (Lipinski definition) is 1. The molecule has 186 valence electrons. The van der Waals surface area contributed by atoms with Gasteiger partial charge in [-0.1, -0.05) is 0 Å². The average Bonchev–Trinajstić information content (AvgIpc) is 2.69. The molecule has 1 amide bonds. The molecule has 0 saturated carbocycles. The van der Waals surface area contributed by atoms with Gasteiger partial charge in [0, 0.05) is 19.6 Å². The summed E-state index contributed by atoms with van der Waals surface area (Å²) in [5.74, 6) is 0.0736. The van der Waals surface area contributed by atoms with Gasteiger partial charge >= 0.3 is 14.7 Å². The number of carbonyl (C=O) groups is 1. The molecule has 0 aliphatic rings. The first-order valence-electron chi connectivity index (χ1n) is 10.5. The maximum Gasteiger partial charge on any atom is 0.407 e. The van der Waals surface area contributed by atoms with E-state index >= 15 is 0 Å². The lowest BCUT2D eigenvalue weighted by atomic mass is 10.2. The van der Waals surface area contributed by atoms with E-state index in [2.05, 4.69) is 5.32 Å². The summed E-state index contributed by atoms with van der Waals surface area (Å²) in [6.07, 6.45) is 0.0144. The van der Waals surface area contributed by atoms with E-state index in [1.807, 2.05) is 13.8 Å². The van der Waals surface area contributed by atoms with Gasteiger partial charge in [-0.25, -0.2) is 4.79 Å². The molecule has 0 heterocycles. The summed E-state index contributed by atoms with van der Waals surface area (Å²) >= 11 is 0. The average molecular weight is 496 g/mol. The fourth-order valence-corrected chi connectivity index (χ4v) is 3.46. The molecule has 0 bridgehead atoms. The highest BCUT2D eigenvalue weighted by atomic mass is 31.2. The quantitative estimate of drug-likeness (QED) is 0.222. The number of nitrogens with one attached hydrogen (secondary N) is 1. The number of ether oxygens (including phenoxy) is 2. The Labute approximate surface area is 194 Å². The lowest BCUT2D eigenvalue weighted by molar-refractivity contribution is 0.0527. The molecule has 1 N–H and O–H groups in total. The summed E-state index contributed by atoms with van der Waals surface area (Å²) in [6, 6.07) is 0. The van der Waals surface area contributed by atoms with E-state index in [9.17, 15) is 14.4 Å². The molecule has 1 atom stereocenters. The molecule has 0 aromatic heterocycles. The lowest BCUT2D eigenvalue weighted by Gasteiger charge is -2.27. The molecule has 0 radical (unpaired) electrons. The summed E-state index contributed by atoms with van der Waals surface area (Å²) in [4.78, 5) is 37.6. The Hall–Kier alpha value is -1.31. The predicted molar refractivity (Wildman–Crippen MR) is 131 cm³/mol. The summed E-state index contributed by atoms with van der Waals surface area (Å²) in [6.45, 7) is 13.3. The first-order chi connectivity index (χ1) is 14.6. The van der Waals surface area contributed by atoms with Crippen molar-refractivity contribution in [1.82, 2.24) is 5.32 Å². The van der Waals surface area contributed by atoms with Gasteiger partial charge in [0.25, 0.3) is 10.9 Å². The number of amides is 1. The van der Waals surface area contributed by atoms with E-state index in [-0.39, 0.29) is 34.5 Å². The highest BCUT2D eigenvalue weighted by molar-refractivity contribution is 7.41. The molecule has 0 saturated heterocycles. The molecule has 10 nitrogen and oxygen atoms in total. The van der Waals surface area contributed by atoms with Crippen LogP contribution in [0.3, 0.4) is 0 Å².